The lowest BCUT2D eigenvalue weighted by molar-refractivity contribution is 0.0520. The number of hydrogen-bond donors (Lipinski definition) is 2. The highest BCUT2D eigenvalue weighted by Crippen LogP contribution is 2.36. The summed E-state index contributed by atoms with van der Waals surface area (Å²) in [7, 11) is 0. The summed E-state index contributed by atoms with van der Waals surface area (Å²) < 4.78 is 5.25. The molecule has 0 saturated carbocycles. The number of carbonyl (C=O) groups is 1. The maximum atomic E-state index is 11.8. The molecule has 0 spiro atoms. The van der Waals surface area contributed by atoms with Crippen LogP contribution in [-0.2, 0) is 11.2 Å². The van der Waals surface area contributed by atoms with E-state index in [4.69, 9.17) is 16.3 Å². The molecular formula is C15H23ClN4O2S. The number of carbonyl (C=O) groups excluding carboxylic acids is 1. The molecule has 2 heterocycles. The summed E-state index contributed by atoms with van der Waals surface area (Å²) in [5.41, 5.74) is 0.0542. The Hall–Kier alpha value is -1.21. The normalized spacial score (nSPS) is 14.3. The van der Waals surface area contributed by atoms with Crippen LogP contribution < -0.4 is 10.6 Å². The number of amides is 1. The molecule has 0 saturated heterocycles. The van der Waals surface area contributed by atoms with Gasteiger partial charge in [0.05, 0.1) is 16.1 Å². The lowest BCUT2D eigenvalue weighted by Crippen LogP contribution is -2.45. The summed E-state index contributed by atoms with van der Waals surface area (Å²) in [4.78, 5) is 21.4. The Morgan fingerprint density at radius 1 is 1.30 bits per heavy atom. The predicted molar refractivity (Wildman–Crippen MR) is 93.4 cm³/mol. The van der Waals surface area contributed by atoms with E-state index in [9.17, 15) is 4.79 Å². The average Bonchev–Trinajstić information content (AvgIpc) is 2.82. The molecule has 8 heteroatoms. The van der Waals surface area contributed by atoms with Crippen molar-refractivity contribution in [2.75, 3.05) is 17.6 Å². The number of aromatic nitrogens is 2. The third kappa shape index (κ3) is 5.42. The summed E-state index contributed by atoms with van der Waals surface area (Å²) in [5.74, 6) is 1.70. The van der Waals surface area contributed by atoms with E-state index >= 15 is 0 Å². The molecule has 128 valence electrons. The summed E-state index contributed by atoms with van der Waals surface area (Å²) in [6, 6.07) is 0. The Morgan fingerprint density at radius 2 is 2.00 bits per heavy atom. The number of anilines is 1. The van der Waals surface area contributed by atoms with Crippen molar-refractivity contribution in [3.63, 3.8) is 0 Å². The van der Waals surface area contributed by atoms with Crippen LogP contribution in [0.15, 0.2) is 4.90 Å². The number of fused-ring (bicyclic) bond motifs is 1. The Kier molecular flexibility index (Phi) is 5.30. The minimum Gasteiger partial charge on any atom is -0.444 e. The van der Waals surface area contributed by atoms with E-state index in [1.54, 1.807) is 11.8 Å². The summed E-state index contributed by atoms with van der Waals surface area (Å²) in [6.07, 6.45) is 0.459. The molecule has 1 aromatic heterocycles. The van der Waals surface area contributed by atoms with E-state index < -0.39 is 17.2 Å². The third-order valence-corrected chi connectivity index (χ3v) is 4.32. The van der Waals surface area contributed by atoms with Crippen molar-refractivity contribution < 1.29 is 9.53 Å². The maximum absolute atomic E-state index is 11.8. The molecule has 0 aliphatic carbocycles. The van der Waals surface area contributed by atoms with Crippen LogP contribution in [0, 0.1) is 0 Å². The molecular weight excluding hydrogens is 336 g/mol. The molecule has 23 heavy (non-hydrogen) atoms. The topological polar surface area (TPSA) is 76.1 Å². The number of aryl methyl sites for hydroxylation is 1. The quantitative estimate of drug-likeness (QED) is 0.802. The molecule has 1 amide bonds. The second-order valence-corrected chi connectivity index (χ2v) is 8.52. The SMILES string of the molecule is CC(C)(CNC(=O)OC(C)(C)C)Nc1nc(Cl)nc2c1SCC2. The van der Waals surface area contributed by atoms with Gasteiger partial charge < -0.3 is 15.4 Å². The zero-order valence-corrected chi connectivity index (χ0v) is 15.7. The first-order valence-corrected chi connectivity index (χ1v) is 8.86. The number of ether oxygens (including phenoxy) is 1. The van der Waals surface area contributed by atoms with Crippen LogP contribution in [0.5, 0.6) is 0 Å². The van der Waals surface area contributed by atoms with Gasteiger partial charge in [0.15, 0.2) is 0 Å². The highest BCUT2D eigenvalue weighted by atomic mass is 35.5. The summed E-state index contributed by atoms with van der Waals surface area (Å²) >= 11 is 7.71. The molecule has 0 bridgehead atoms. The van der Waals surface area contributed by atoms with Crippen LogP contribution in [0.2, 0.25) is 5.28 Å². The number of halogens is 1. The van der Waals surface area contributed by atoms with Crippen LogP contribution >= 0.6 is 23.4 Å². The number of nitrogens with one attached hydrogen (secondary N) is 2. The Balaban J connectivity index is 2.00. The molecule has 1 aliphatic rings. The second-order valence-electron chi connectivity index (χ2n) is 7.08. The third-order valence-electron chi connectivity index (χ3n) is 3.02. The van der Waals surface area contributed by atoms with Crippen molar-refractivity contribution in [1.29, 1.82) is 0 Å². The van der Waals surface area contributed by atoms with Crippen LogP contribution in [0.4, 0.5) is 10.6 Å². The van der Waals surface area contributed by atoms with Crippen molar-refractivity contribution in [3.8, 4) is 0 Å². The van der Waals surface area contributed by atoms with Crippen LogP contribution in [0.25, 0.3) is 0 Å². The fourth-order valence-electron chi connectivity index (χ4n) is 2.09. The minimum absolute atomic E-state index is 0.240. The number of hydrogen-bond acceptors (Lipinski definition) is 6. The van der Waals surface area contributed by atoms with Gasteiger partial charge in [0.1, 0.15) is 11.4 Å². The molecule has 2 rings (SSSR count). The molecule has 0 unspecified atom stereocenters. The molecule has 2 N–H and O–H groups in total. The Labute approximate surface area is 146 Å². The van der Waals surface area contributed by atoms with Crippen LogP contribution in [0.1, 0.15) is 40.3 Å². The monoisotopic (exact) mass is 358 g/mol. The van der Waals surface area contributed by atoms with Crippen LogP contribution in [-0.4, -0.2) is 39.5 Å². The number of nitrogens with zero attached hydrogens (tertiary/aromatic N) is 2. The fourth-order valence-corrected chi connectivity index (χ4v) is 3.33. The lowest BCUT2D eigenvalue weighted by atomic mass is 10.1. The predicted octanol–water partition coefficient (Wildman–Crippen LogP) is 3.49. The molecule has 0 atom stereocenters. The molecule has 1 aromatic rings. The van der Waals surface area contributed by atoms with Gasteiger partial charge in [-0.05, 0) is 46.2 Å². The highest BCUT2D eigenvalue weighted by Gasteiger charge is 2.26. The molecule has 0 radical (unpaired) electrons. The van der Waals surface area contributed by atoms with E-state index in [0.717, 1.165) is 28.6 Å². The van der Waals surface area contributed by atoms with Crippen LogP contribution in [0.3, 0.4) is 0 Å². The maximum Gasteiger partial charge on any atom is 0.407 e. The van der Waals surface area contributed by atoms with Gasteiger partial charge in [-0.15, -0.1) is 11.8 Å². The van der Waals surface area contributed by atoms with Gasteiger partial charge in [0.25, 0.3) is 0 Å². The fraction of sp³-hybridized carbons (Fsp3) is 0.667. The highest BCUT2D eigenvalue weighted by molar-refractivity contribution is 7.99. The van der Waals surface area contributed by atoms with E-state index in [-0.39, 0.29) is 5.28 Å². The Morgan fingerprint density at radius 3 is 2.65 bits per heavy atom. The Bertz CT molecular complexity index is 602. The summed E-state index contributed by atoms with van der Waals surface area (Å²) in [6.45, 7) is 9.85. The molecule has 1 aliphatic heterocycles. The van der Waals surface area contributed by atoms with Crippen molar-refractivity contribution in [2.45, 2.75) is 57.1 Å². The van der Waals surface area contributed by atoms with Gasteiger partial charge in [0, 0.05) is 18.7 Å². The number of alkyl carbamates (subject to hydrolysis) is 1. The summed E-state index contributed by atoms with van der Waals surface area (Å²) in [5, 5.41) is 6.37. The van der Waals surface area contributed by atoms with E-state index in [1.807, 2.05) is 34.6 Å². The first-order chi connectivity index (χ1) is 10.6. The van der Waals surface area contributed by atoms with E-state index in [2.05, 4.69) is 20.6 Å². The zero-order chi connectivity index (χ0) is 17.3. The molecule has 0 aromatic carbocycles. The van der Waals surface area contributed by atoms with Crippen molar-refractivity contribution in [1.82, 2.24) is 15.3 Å². The van der Waals surface area contributed by atoms with Gasteiger partial charge in [-0.25, -0.2) is 9.78 Å². The lowest BCUT2D eigenvalue weighted by Gasteiger charge is -2.29. The van der Waals surface area contributed by atoms with Crippen molar-refractivity contribution in [2.24, 2.45) is 0 Å². The van der Waals surface area contributed by atoms with Crippen molar-refractivity contribution >= 4 is 35.3 Å². The molecule has 0 fully saturated rings. The smallest absolute Gasteiger partial charge is 0.407 e. The van der Waals surface area contributed by atoms with Crippen molar-refractivity contribution in [3.05, 3.63) is 11.0 Å². The van der Waals surface area contributed by atoms with Gasteiger partial charge in [-0.1, -0.05) is 0 Å². The zero-order valence-electron chi connectivity index (χ0n) is 14.1. The molecule has 6 nitrogen and oxygen atoms in total. The van der Waals surface area contributed by atoms with Gasteiger partial charge in [0.2, 0.25) is 5.28 Å². The number of rotatable bonds is 4. The first-order valence-electron chi connectivity index (χ1n) is 7.50. The minimum atomic E-state index is -0.515. The second kappa shape index (κ2) is 6.73. The first kappa shape index (κ1) is 18.1. The van der Waals surface area contributed by atoms with E-state index in [0.29, 0.717) is 6.54 Å². The van der Waals surface area contributed by atoms with E-state index in [1.165, 1.54) is 0 Å². The van der Waals surface area contributed by atoms with Gasteiger partial charge in [-0.2, -0.15) is 4.98 Å². The average molecular weight is 359 g/mol. The largest absolute Gasteiger partial charge is 0.444 e. The van der Waals surface area contributed by atoms with Gasteiger partial charge in [-0.3, -0.25) is 0 Å². The standard InChI is InChI=1S/C15H23ClN4O2S/c1-14(2,3)22-13(21)17-8-15(4,5)20-11-10-9(6-7-23-10)18-12(16)19-11/h6-8H2,1-5H3,(H,17,21)(H,18,19,20). The number of thioether (sulfide) groups is 1. The van der Waals surface area contributed by atoms with Gasteiger partial charge >= 0.3 is 6.09 Å².